The van der Waals surface area contributed by atoms with Crippen LogP contribution >= 0.6 is 0 Å². The standard InChI is InChI=1S/C46H37N/c1-5-33(4)47(40-27-25-35(26-28-40)37-18-16-17-36(31-37)34(6-2)7-3)41-29-30-43-42-23-14-15-24-44(42)46(45(43)32-41,38-19-10-8-11-20-38)39-21-12-9-13-22-39/h5-32H,1-2,4H2,3H3/b34-7+. The van der Waals surface area contributed by atoms with Crippen LogP contribution in [-0.2, 0) is 5.41 Å². The van der Waals surface area contributed by atoms with Gasteiger partial charge in [0.2, 0.25) is 0 Å². The molecule has 47 heavy (non-hydrogen) atoms. The zero-order valence-corrected chi connectivity index (χ0v) is 26.7. The Bertz CT molecular complexity index is 2090. The fraction of sp³-hybridized carbons (Fsp3) is 0.0435. The number of rotatable bonds is 9. The van der Waals surface area contributed by atoms with Gasteiger partial charge in [0.05, 0.1) is 5.41 Å². The summed E-state index contributed by atoms with van der Waals surface area (Å²) in [5, 5.41) is 0. The zero-order valence-electron chi connectivity index (χ0n) is 26.7. The summed E-state index contributed by atoms with van der Waals surface area (Å²) in [5.74, 6) is 0. The van der Waals surface area contributed by atoms with E-state index in [1.165, 1.54) is 33.4 Å². The highest BCUT2D eigenvalue weighted by molar-refractivity contribution is 5.89. The normalized spacial score (nSPS) is 12.9. The molecule has 1 heteroatoms. The van der Waals surface area contributed by atoms with Crippen LogP contribution in [0.4, 0.5) is 11.4 Å². The van der Waals surface area contributed by atoms with E-state index in [2.05, 4.69) is 182 Å². The van der Waals surface area contributed by atoms with E-state index < -0.39 is 5.41 Å². The van der Waals surface area contributed by atoms with E-state index in [9.17, 15) is 0 Å². The highest BCUT2D eigenvalue weighted by Crippen LogP contribution is 2.57. The summed E-state index contributed by atoms with van der Waals surface area (Å²) < 4.78 is 0. The Hall–Kier alpha value is -5.92. The van der Waals surface area contributed by atoms with Gasteiger partial charge in [-0.15, -0.1) is 0 Å². The minimum atomic E-state index is -0.474. The smallest absolute Gasteiger partial charge is 0.0714 e. The van der Waals surface area contributed by atoms with E-state index in [1.807, 2.05) is 19.1 Å². The molecular weight excluding hydrogens is 567 g/mol. The first-order valence-corrected chi connectivity index (χ1v) is 16.1. The number of benzene rings is 6. The summed E-state index contributed by atoms with van der Waals surface area (Å²) >= 11 is 0. The molecule has 0 spiro atoms. The van der Waals surface area contributed by atoms with Crippen LogP contribution in [0.5, 0.6) is 0 Å². The Kier molecular flexibility index (Phi) is 7.90. The molecule has 0 bridgehead atoms. The predicted molar refractivity (Wildman–Crippen MR) is 201 cm³/mol. The highest BCUT2D eigenvalue weighted by atomic mass is 15.1. The van der Waals surface area contributed by atoms with Gasteiger partial charge in [0.1, 0.15) is 0 Å². The molecule has 0 saturated heterocycles. The predicted octanol–water partition coefficient (Wildman–Crippen LogP) is 12.1. The summed E-state index contributed by atoms with van der Waals surface area (Å²) in [6, 6.07) is 54.8. The van der Waals surface area contributed by atoms with Crippen molar-refractivity contribution < 1.29 is 0 Å². The van der Waals surface area contributed by atoms with Crippen molar-refractivity contribution in [3.63, 3.8) is 0 Å². The minimum absolute atomic E-state index is 0.474. The van der Waals surface area contributed by atoms with Gasteiger partial charge < -0.3 is 4.90 Å². The Labute approximate surface area is 278 Å². The van der Waals surface area contributed by atoms with Gasteiger partial charge in [0.25, 0.3) is 0 Å². The molecule has 0 amide bonds. The van der Waals surface area contributed by atoms with Crippen molar-refractivity contribution in [2.24, 2.45) is 0 Å². The van der Waals surface area contributed by atoms with Crippen LogP contribution in [0.3, 0.4) is 0 Å². The molecule has 226 valence electrons. The van der Waals surface area contributed by atoms with Crippen LogP contribution in [0.1, 0.15) is 34.7 Å². The Morgan fingerprint density at radius 3 is 1.81 bits per heavy atom. The van der Waals surface area contributed by atoms with Gasteiger partial charge in [-0.05, 0) is 99.0 Å². The maximum absolute atomic E-state index is 4.43. The topological polar surface area (TPSA) is 3.24 Å². The Balaban J connectivity index is 1.38. The van der Waals surface area contributed by atoms with Crippen LogP contribution in [-0.4, -0.2) is 0 Å². The molecule has 0 aliphatic heterocycles. The van der Waals surface area contributed by atoms with Crippen molar-refractivity contribution >= 4 is 16.9 Å². The second-order valence-electron chi connectivity index (χ2n) is 11.9. The van der Waals surface area contributed by atoms with Crippen LogP contribution in [0.2, 0.25) is 0 Å². The lowest BCUT2D eigenvalue weighted by molar-refractivity contribution is 0.768. The van der Waals surface area contributed by atoms with Gasteiger partial charge in [-0.3, -0.25) is 0 Å². The van der Waals surface area contributed by atoms with E-state index >= 15 is 0 Å². The van der Waals surface area contributed by atoms with E-state index in [0.29, 0.717) is 0 Å². The molecular formula is C46H37N. The molecule has 0 heterocycles. The lowest BCUT2D eigenvalue weighted by atomic mass is 9.67. The molecule has 0 fully saturated rings. The minimum Gasteiger partial charge on any atom is -0.311 e. The highest BCUT2D eigenvalue weighted by Gasteiger charge is 2.46. The van der Waals surface area contributed by atoms with Gasteiger partial charge >= 0.3 is 0 Å². The number of anilines is 2. The van der Waals surface area contributed by atoms with E-state index in [1.54, 1.807) is 0 Å². The van der Waals surface area contributed by atoms with Gasteiger partial charge in [0.15, 0.2) is 0 Å². The molecule has 1 nitrogen and oxygen atoms in total. The van der Waals surface area contributed by atoms with Crippen molar-refractivity contribution in [2.75, 3.05) is 4.90 Å². The van der Waals surface area contributed by atoms with Crippen molar-refractivity contribution in [3.8, 4) is 22.3 Å². The third-order valence-corrected chi connectivity index (χ3v) is 9.41. The molecule has 1 aliphatic carbocycles. The van der Waals surface area contributed by atoms with Crippen molar-refractivity contribution in [1.29, 1.82) is 0 Å². The van der Waals surface area contributed by atoms with Gasteiger partial charge in [-0.25, -0.2) is 0 Å². The number of fused-ring (bicyclic) bond motifs is 3. The fourth-order valence-corrected chi connectivity index (χ4v) is 7.23. The van der Waals surface area contributed by atoms with Gasteiger partial charge in [0, 0.05) is 17.1 Å². The first-order valence-electron chi connectivity index (χ1n) is 16.1. The second-order valence-corrected chi connectivity index (χ2v) is 11.9. The van der Waals surface area contributed by atoms with E-state index in [-0.39, 0.29) is 0 Å². The van der Waals surface area contributed by atoms with Crippen molar-refractivity contribution in [1.82, 2.24) is 0 Å². The van der Waals surface area contributed by atoms with Crippen LogP contribution in [0, 0.1) is 0 Å². The zero-order chi connectivity index (χ0) is 32.4. The summed E-state index contributed by atoms with van der Waals surface area (Å²) in [7, 11) is 0. The molecule has 0 aromatic heterocycles. The lowest BCUT2D eigenvalue weighted by Gasteiger charge is -2.35. The van der Waals surface area contributed by atoms with Crippen LogP contribution < -0.4 is 4.90 Å². The third kappa shape index (κ3) is 4.98. The summed E-state index contributed by atoms with van der Waals surface area (Å²) in [6.45, 7) is 14.6. The number of hydrogen-bond donors (Lipinski definition) is 0. The van der Waals surface area contributed by atoms with E-state index in [0.717, 1.165) is 39.3 Å². The Morgan fingerprint density at radius 1 is 0.553 bits per heavy atom. The molecule has 0 saturated carbocycles. The van der Waals surface area contributed by atoms with Crippen molar-refractivity contribution in [3.05, 3.63) is 223 Å². The maximum atomic E-state index is 4.43. The van der Waals surface area contributed by atoms with Crippen LogP contribution in [0.25, 0.3) is 27.8 Å². The van der Waals surface area contributed by atoms with Gasteiger partial charge in [-0.1, -0.05) is 153 Å². The molecule has 6 aromatic carbocycles. The summed E-state index contributed by atoms with van der Waals surface area (Å²) in [5.41, 5.74) is 14.5. The molecule has 0 radical (unpaired) electrons. The first-order chi connectivity index (χ1) is 23.1. The molecule has 1 aliphatic rings. The lowest BCUT2D eigenvalue weighted by Crippen LogP contribution is -2.28. The average molecular weight is 604 g/mol. The largest absolute Gasteiger partial charge is 0.311 e. The number of allylic oxidation sites excluding steroid dienone is 4. The molecule has 0 N–H and O–H groups in total. The van der Waals surface area contributed by atoms with Crippen LogP contribution in [0.15, 0.2) is 195 Å². The molecule has 0 atom stereocenters. The number of nitrogens with zero attached hydrogens (tertiary/aromatic N) is 1. The monoisotopic (exact) mass is 603 g/mol. The van der Waals surface area contributed by atoms with Gasteiger partial charge in [-0.2, -0.15) is 0 Å². The maximum Gasteiger partial charge on any atom is 0.0714 e. The summed E-state index contributed by atoms with van der Waals surface area (Å²) in [4.78, 5) is 2.20. The van der Waals surface area contributed by atoms with Crippen molar-refractivity contribution in [2.45, 2.75) is 12.3 Å². The number of hydrogen-bond acceptors (Lipinski definition) is 1. The summed E-state index contributed by atoms with van der Waals surface area (Å²) in [6.07, 6.45) is 5.82. The van der Waals surface area contributed by atoms with E-state index in [4.69, 9.17) is 0 Å². The molecule has 0 unspecified atom stereocenters. The average Bonchev–Trinajstić information content (AvgIpc) is 3.44. The quantitative estimate of drug-likeness (QED) is 0.148. The first kappa shape index (κ1) is 29.8. The SMILES string of the molecule is C=CC(=C)N(c1ccc(-c2cccc(/C(C=C)=C/C)c2)cc1)c1ccc2c(c1)C(c1ccccc1)(c1ccccc1)c1ccccc1-2. The second kappa shape index (κ2) is 12.5. The molecule has 7 rings (SSSR count). The Morgan fingerprint density at radius 2 is 1.17 bits per heavy atom. The fourth-order valence-electron chi connectivity index (χ4n) is 7.23. The molecule has 6 aromatic rings. The third-order valence-electron chi connectivity index (χ3n) is 9.41.